The molecular formula is C18H26N2O2. The Morgan fingerprint density at radius 2 is 2.09 bits per heavy atom. The molecular weight excluding hydrogens is 276 g/mol. The van der Waals surface area contributed by atoms with Crippen molar-refractivity contribution in [2.24, 2.45) is 11.8 Å². The van der Waals surface area contributed by atoms with E-state index in [1.807, 2.05) is 24.3 Å². The van der Waals surface area contributed by atoms with Crippen molar-refractivity contribution in [1.29, 1.82) is 0 Å². The fourth-order valence-electron chi connectivity index (χ4n) is 4.09. The first-order chi connectivity index (χ1) is 10.7. The molecule has 4 heteroatoms. The number of likely N-dealkylation sites (tertiary alicyclic amines) is 1. The molecule has 2 fully saturated rings. The highest BCUT2D eigenvalue weighted by atomic mass is 16.5. The number of fused-ring (bicyclic) bond motifs is 1. The topological polar surface area (TPSA) is 41.6 Å². The largest absolute Gasteiger partial charge is 0.496 e. The molecule has 1 heterocycles. The molecule has 2 aliphatic rings. The lowest BCUT2D eigenvalue weighted by Gasteiger charge is -2.44. The van der Waals surface area contributed by atoms with Crippen LogP contribution in [0, 0.1) is 11.8 Å². The number of methoxy groups -OCH3 is 1. The van der Waals surface area contributed by atoms with E-state index in [0.717, 1.165) is 18.9 Å². The summed E-state index contributed by atoms with van der Waals surface area (Å²) in [6.45, 7) is 2.29. The summed E-state index contributed by atoms with van der Waals surface area (Å²) in [7, 11) is 3.79. The lowest BCUT2D eigenvalue weighted by Crippen LogP contribution is -2.52. The fraction of sp³-hybridized carbons (Fsp3) is 0.611. The molecule has 1 aromatic carbocycles. The van der Waals surface area contributed by atoms with Crippen LogP contribution in [-0.4, -0.2) is 44.1 Å². The van der Waals surface area contributed by atoms with Crippen LogP contribution in [0.15, 0.2) is 24.3 Å². The van der Waals surface area contributed by atoms with Gasteiger partial charge in [-0.15, -0.1) is 0 Å². The minimum absolute atomic E-state index is 0.00340. The minimum Gasteiger partial charge on any atom is -0.496 e. The number of carbonyl (C=O) groups is 1. The first-order valence-electron chi connectivity index (χ1n) is 8.31. The summed E-state index contributed by atoms with van der Waals surface area (Å²) in [4.78, 5) is 15.0. The maximum atomic E-state index is 12.6. The van der Waals surface area contributed by atoms with Crippen molar-refractivity contribution in [1.82, 2.24) is 10.2 Å². The highest BCUT2D eigenvalue weighted by Crippen LogP contribution is 2.36. The SMILES string of the molecule is COc1ccccc1C(=O)N[C@@H]1CCC[C@@H]2CCN(C)C[C@H]21. The molecule has 0 bridgehead atoms. The Hall–Kier alpha value is -1.55. The van der Waals surface area contributed by atoms with Gasteiger partial charge in [0.15, 0.2) is 0 Å². The van der Waals surface area contributed by atoms with E-state index >= 15 is 0 Å². The van der Waals surface area contributed by atoms with Crippen LogP contribution in [-0.2, 0) is 0 Å². The number of rotatable bonds is 3. The Kier molecular flexibility index (Phi) is 4.67. The van der Waals surface area contributed by atoms with Crippen LogP contribution in [0.3, 0.4) is 0 Å². The summed E-state index contributed by atoms with van der Waals surface area (Å²) in [5, 5.41) is 3.28. The van der Waals surface area contributed by atoms with Crippen molar-refractivity contribution in [3.8, 4) is 5.75 Å². The van der Waals surface area contributed by atoms with E-state index in [-0.39, 0.29) is 5.91 Å². The quantitative estimate of drug-likeness (QED) is 0.933. The average molecular weight is 302 g/mol. The molecule has 0 spiro atoms. The molecule has 1 aliphatic carbocycles. The summed E-state index contributed by atoms with van der Waals surface area (Å²) < 4.78 is 5.31. The van der Waals surface area contributed by atoms with Gasteiger partial charge in [-0.3, -0.25) is 4.79 Å². The Labute approximate surface area is 132 Å². The third-order valence-corrected chi connectivity index (χ3v) is 5.28. The van der Waals surface area contributed by atoms with Gasteiger partial charge < -0.3 is 15.0 Å². The number of nitrogens with one attached hydrogen (secondary N) is 1. The summed E-state index contributed by atoms with van der Waals surface area (Å²) in [6, 6.07) is 7.74. The smallest absolute Gasteiger partial charge is 0.255 e. The van der Waals surface area contributed by atoms with Crippen LogP contribution >= 0.6 is 0 Å². The summed E-state index contributed by atoms with van der Waals surface area (Å²) >= 11 is 0. The van der Waals surface area contributed by atoms with Gasteiger partial charge in [0.2, 0.25) is 0 Å². The monoisotopic (exact) mass is 302 g/mol. The molecule has 22 heavy (non-hydrogen) atoms. The third-order valence-electron chi connectivity index (χ3n) is 5.28. The normalized spacial score (nSPS) is 28.7. The van der Waals surface area contributed by atoms with Gasteiger partial charge in [0, 0.05) is 12.6 Å². The van der Waals surface area contributed by atoms with Crippen molar-refractivity contribution in [2.75, 3.05) is 27.2 Å². The second-order valence-corrected chi connectivity index (χ2v) is 6.69. The predicted octanol–water partition coefficient (Wildman–Crippen LogP) is 2.55. The molecule has 1 saturated carbocycles. The van der Waals surface area contributed by atoms with Crippen molar-refractivity contribution < 1.29 is 9.53 Å². The maximum absolute atomic E-state index is 12.6. The number of piperidine rings is 1. The van der Waals surface area contributed by atoms with E-state index in [1.54, 1.807) is 7.11 Å². The average Bonchev–Trinajstić information content (AvgIpc) is 2.55. The number of ether oxygens (including phenoxy) is 1. The Morgan fingerprint density at radius 1 is 1.27 bits per heavy atom. The number of para-hydroxylation sites is 1. The zero-order valence-corrected chi connectivity index (χ0v) is 13.5. The molecule has 120 valence electrons. The van der Waals surface area contributed by atoms with E-state index in [4.69, 9.17) is 4.74 Å². The van der Waals surface area contributed by atoms with Crippen LogP contribution in [0.2, 0.25) is 0 Å². The predicted molar refractivity (Wildman–Crippen MR) is 87.2 cm³/mol. The molecule has 1 aliphatic heterocycles. The van der Waals surface area contributed by atoms with Gasteiger partial charge >= 0.3 is 0 Å². The molecule has 3 atom stereocenters. The van der Waals surface area contributed by atoms with E-state index < -0.39 is 0 Å². The maximum Gasteiger partial charge on any atom is 0.255 e. The molecule has 3 rings (SSSR count). The number of nitrogens with zero attached hydrogens (tertiary/aromatic N) is 1. The van der Waals surface area contributed by atoms with Crippen molar-refractivity contribution >= 4 is 5.91 Å². The number of benzene rings is 1. The molecule has 1 aromatic rings. The summed E-state index contributed by atoms with van der Waals surface area (Å²) in [5.74, 6) is 2.00. The first-order valence-corrected chi connectivity index (χ1v) is 8.31. The van der Waals surface area contributed by atoms with Gasteiger partial charge in [-0.1, -0.05) is 18.6 Å². The Bertz CT molecular complexity index is 532. The van der Waals surface area contributed by atoms with Gasteiger partial charge in [0.25, 0.3) is 5.91 Å². The zero-order valence-electron chi connectivity index (χ0n) is 13.5. The van der Waals surface area contributed by atoms with Crippen LogP contribution < -0.4 is 10.1 Å². The molecule has 1 N–H and O–H groups in total. The van der Waals surface area contributed by atoms with Gasteiger partial charge in [-0.25, -0.2) is 0 Å². The summed E-state index contributed by atoms with van der Waals surface area (Å²) in [5.41, 5.74) is 0.635. The van der Waals surface area contributed by atoms with E-state index in [1.165, 1.54) is 25.8 Å². The highest BCUT2D eigenvalue weighted by molar-refractivity contribution is 5.97. The molecule has 1 amide bonds. The lowest BCUT2D eigenvalue weighted by molar-refractivity contribution is 0.0649. The van der Waals surface area contributed by atoms with Gasteiger partial charge in [0.1, 0.15) is 5.75 Å². The number of amides is 1. The molecule has 0 aromatic heterocycles. The standard InChI is InChI=1S/C18H26N2O2/c1-20-11-10-13-6-5-8-16(15(13)12-20)19-18(21)14-7-3-4-9-17(14)22-2/h3-4,7,9,13,15-16H,5-6,8,10-12H2,1-2H3,(H,19,21)/t13-,15-,16-/m1/s1. The lowest BCUT2D eigenvalue weighted by atomic mass is 9.72. The van der Waals surface area contributed by atoms with Crippen LogP contribution in [0.1, 0.15) is 36.0 Å². The fourth-order valence-corrected chi connectivity index (χ4v) is 4.09. The Balaban J connectivity index is 1.72. The van der Waals surface area contributed by atoms with Crippen LogP contribution in [0.5, 0.6) is 5.75 Å². The number of carbonyl (C=O) groups excluding carboxylic acids is 1. The van der Waals surface area contributed by atoms with Gasteiger partial charge in [-0.2, -0.15) is 0 Å². The minimum atomic E-state index is -0.00340. The molecule has 4 nitrogen and oxygen atoms in total. The van der Waals surface area contributed by atoms with E-state index in [9.17, 15) is 4.79 Å². The highest BCUT2D eigenvalue weighted by Gasteiger charge is 2.37. The zero-order chi connectivity index (χ0) is 15.5. The Morgan fingerprint density at radius 3 is 2.91 bits per heavy atom. The van der Waals surface area contributed by atoms with Crippen molar-refractivity contribution in [3.63, 3.8) is 0 Å². The van der Waals surface area contributed by atoms with Gasteiger partial charge in [-0.05, 0) is 56.8 Å². The molecule has 1 saturated heterocycles. The van der Waals surface area contributed by atoms with Crippen molar-refractivity contribution in [2.45, 2.75) is 31.7 Å². The van der Waals surface area contributed by atoms with Crippen LogP contribution in [0.4, 0.5) is 0 Å². The second-order valence-electron chi connectivity index (χ2n) is 6.69. The van der Waals surface area contributed by atoms with E-state index in [2.05, 4.69) is 17.3 Å². The number of hydrogen-bond donors (Lipinski definition) is 1. The summed E-state index contributed by atoms with van der Waals surface area (Å²) in [6.07, 6.45) is 4.90. The number of hydrogen-bond acceptors (Lipinski definition) is 3. The van der Waals surface area contributed by atoms with Crippen molar-refractivity contribution in [3.05, 3.63) is 29.8 Å². The second kappa shape index (κ2) is 6.69. The third kappa shape index (κ3) is 3.12. The molecule has 0 unspecified atom stereocenters. The van der Waals surface area contributed by atoms with Crippen LogP contribution in [0.25, 0.3) is 0 Å². The first kappa shape index (κ1) is 15.3. The van der Waals surface area contributed by atoms with Gasteiger partial charge in [0.05, 0.1) is 12.7 Å². The molecule has 0 radical (unpaired) electrons. The van der Waals surface area contributed by atoms with E-state index in [0.29, 0.717) is 23.3 Å².